The van der Waals surface area contributed by atoms with Crippen LogP contribution in [0.15, 0.2) is 36.4 Å². The van der Waals surface area contributed by atoms with Gasteiger partial charge in [-0.3, -0.25) is 14.4 Å². The molecule has 0 radical (unpaired) electrons. The molecule has 0 saturated heterocycles. The van der Waals surface area contributed by atoms with E-state index in [2.05, 4.69) is 33.2 Å². The fraction of sp³-hybridized carbons (Fsp3) is 0.500. The quantitative estimate of drug-likeness (QED) is 0.220. The molecule has 0 saturated carbocycles. The van der Waals surface area contributed by atoms with Gasteiger partial charge in [-0.2, -0.15) is 0 Å². The molecule has 0 spiro atoms. The Morgan fingerprint density at radius 2 is 1.72 bits per heavy atom. The standard InChI is InChI=1S/C22H30IN3O6/c23-17-3-5-18(6-4-17)32-14-2-1-11-24-20(28)10-15-31-16-12-25-19(27)9-13-26-21(29)7-8-22(26)30/h3-8,21,29H,1-2,9-16H2,(H,24,28)(H,25,27). The van der Waals surface area contributed by atoms with Gasteiger partial charge in [0.15, 0.2) is 0 Å². The monoisotopic (exact) mass is 559 g/mol. The Hall–Kier alpha value is -2.18. The summed E-state index contributed by atoms with van der Waals surface area (Å²) >= 11 is 2.25. The molecule has 0 aromatic heterocycles. The number of hydrogen-bond acceptors (Lipinski definition) is 6. The number of carbonyl (C=O) groups is 3. The summed E-state index contributed by atoms with van der Waals surface area (Å²) in [5.41, 5.74) is 0. The number of aliphatic hydroxyl groups excluding tert-OH is 1. The maximum atomic E-state index is 11.8. The van der Waals surface area contributed by atoms with Gasteiger partial charge in [-0.1, -0.05) is 0 Å². The summed E-state index contributed by atoms with van der Waals surface area (Å²) in [5.74, 6) is 0.238. The lowest BCUT2D eigenvalue weighted by atomic mass is 10.3. The van der Waals surface area contributed by atoms with E-state index in [9.17, 15) is 19.5 Å². The zero-order valence-corrected chi connectivity index (χ0v) is 20.1. The number of ether oxygens (including phenoxy) is 2. The van der Waals surface area contributed by atoms with Crippen molar-refractivity contribution in [2.75, 3.05) is 39.5 Å². The van der Waals surface area contributed by atoms with Crippen molar-refractivity contribution in [3.8, 4) is 5.75 Å². The van der Waals surface area contributed by atoms with E-state index in [4.69, 9.17) is 9.47 Å². The summed E-state index contributed by atoms with van der Waals surface area (Å²) in [6.45, 7) is 2.23. The third-order valence-corrected chi connectivity index (χ3v) is 5.33. The van der Waals surface area contributed by atoms with Crippen molar-refractivity contribution >= 4 is 40.3 Å². The minimum Gasteiger partial charge on any atom is -0.494 e. The lowest BCUT2D eigenvalue weighted by Gasteiger charge is -2.19. The van der Waals surface area contributed by atoms with Gasteiger partial charge in [-0.15, -0.1) is 0 Å². The van der Waals surface area contributed by atoms with Crippen LogP contribution in [0.4, 0.5) is 0 Å². The van der Waals surface area contributed by atoms with Gasteiger partial charge in [0.1, 0.15) is 12.0 Å². The molecular weight excluding hydrogens is 529 g/mol. The molecule has 0 bridgehead atoms. The third kappa shape index (κ3) is 10.4. The summed E-state index contributed by atoms with van der Waals surface area (Å²) in [6.07, 6.45) is 3.75. The number of benzene rings is 1. The number of carbonyl (C=O) groups excluding carboxylic acids is 3. The molecule has 9 nitrogen and oxygen atoms in total. The Morgan fingerprint density at radius 3 is 2.44 bits per heavy atom. The van der Waals surface area contributed by atoms with Crippen LogP contribution >= 0.6 is 22.6 Å². The highest BCUT2D eigenvalue weighted by atomic mass is 127. The van der Waals surface area contributed by atoms with E-state index in [0.717, 1.165) is 22.2 Å². The first-order valence-electron chi connectivity index (χ1n) is 10.6. The lowest BCUT2D eigenvalue weighted by molar-refractivity contribution is -0.132. The largest absolute Gasteiger partial charge is 0.494 e. The van der Waals surface area contributed by atoms with Crippen molar-refractivity contribution in [1.82, 2.24) is 15.5 Å². The molecule has 32 heavy (non-hydrogen) atoms. The minimum atomic E-state index is -0.962. The molecule has 1 heterocycles. The van der Waals surface area contributed by atoms with Crippen LogP contribution in [-0.2, 0) is 19.1 Å². The van der Waals surface area contributed by atoms with E-state index >= 15 is 0 Å². The Balaban J connectivity index is 1.37. The second-order valence-corrected chi connectivity index (χ2v) is 8.37. The predicted molar refractivity (Wildman–Crippen MR) is 127 cm³/mol. The van der Waals surface area contributed by atoms with Gasteiger partial charge in [-0.05, 0) is 65.8 Å². The zero-order valence-electron chi connectivity index (χ0n) is 17.9. The van der Waals surface area contributed by atoms with Crippen LogP contribution in [0.25, 0.3) is 0 Å². The number of hydrogen-bond donors (Lipinski definition) is 3. The topological polar surface area (TPSA) is 117 Å². The molecule has 10 heteroatoms. The Bertz CT molecular complexity index is 771. The van der Waals surface area contributed by atoms with E-state index in [1.807, 2.05) is 24.3 Å². The van der Waals surface area contributed by atoms with Crippen molar-refractivity contribution in [2.45, 2.75) is 31.9 Å². The second kappa shape index (κ2) is 14.8. The Kier molecular flexibility index (Phi) is 12.1. The predicted octanol–water partition coefficient (Wildman–Crippen LogP) is 1.20. The molecule has 3 amide bonds. The van der Waals surface area contributed by atoms with Crippen molar-refractivity contribution in [1.29, 1.82) is 0 Å². The molecule has 0 fully saturated rings. The number of halogens is 1. The van der Waals surface area contributed by atoms with Gasteiger partial charge in [-0.25, -0.2) is 0 Å². The van der Waals surface area contributed by atoms with Gasteiger partial charge < -0.3 is 30.1 Å². The average Bonchev–Trinajstić information content (AvgIpc) is 3.10. The van der Waals surface area contributed by atoms with E-state index in [1.54, 1.807) is 0 Å². The summed E-state index contributed by atoms with van der Waals surface area (Å²) in [4.78, 5) is 36.2. The van der Waals surface area contributed by atoms with Gasteiger partial charge in [0, 0.05) is 42.1 Å². The molecule has 2 rings (SSSR count). The van der Waals surface area contributed by atoms with E-state index < -0.39 is 6.23 Å². The van der Waals surface area contributed by atoms with Crippen molar-refractivity contribution in [3.05, 3.63) is 40.0 Å². The number of rotatable bonds is 15. The molecule has 0 aliphatic carbocycles. The normalized spacial score (nSPS) is 15.1. The summed E-state index contributed by atoms with van der Waals surface area (Å²) in [6, 6.07) is 7.87. The molecule has 1 aliphatic rings. The summed E-state index contributed by atoms with van der Waals surface area (Å²) < 4.78 is 12.2. The average molecular weight is 559 g/mol. The molecule has 1 atom stereocenters. The molecule has 1 aromatic carbocycles. The van der Waals surface area contributed by atoms with Crippen molar-refractivity contribution < 1.29 is 29.0 Å². The first-order chi connectivity index (χ1) is 15.5. The van der Waals surface area contributed by atoms with E-state index in [1.165, 1.54) is 17.1 Å². The highest BCUT2D eigenvalue weighted by Gasteiger charge is 2.23. The highest BCUT2D eigenvalue weighted by molar-refractivity contribution is 14.1. The number of nitrogens with zero attached hydrogens (tertiary/aromatic N) is 1. The van der Waals surface area contributed by atoms with Gasteiger partial charge >= 0.3 is 0 Å². The van der Waals surface area contributed by atoms with Crippen LogP contribution < -0.4 is 15.4 Å². The van der Waals surface area contributed by atoms with E-state index in [-0.39, 0.29) is 43.7 Å². The molecular formula is C22H30IN3O6. The zero-order chi connectivity index (χ0) is 23.2. The van der Waals surface area contributed by atoms with Crippen LogP contribution in [0, 0.1) is 3.57 Å². The first-order valence-corrected chi connectivity index (χ1v) is 11.7. The van der Waals surface area contributed by atoms with Crippen LogP contribution in [0.3, 0.4) is 0 Å². The fourth-order valence-corrected chi connectivity index (χ4v) is 3.20. The SMILES string of the molecule is O=C(CCOCCNC(=O)CCN1C(=O)C=CC1O)NCCCCOc1ccc(I)cc1. The van der Waals surface area contributed by atoms with Crippen molar-refractivity contribution in [3.63, 3.8) is 0 Å². The molecule has 1 aromatic rings. The van der Waals surface area contributed by atoms with Crippen LogP contribution in [0.5, 0.6) is 5.75 Å². The molecule has 1 unspecified atom stereocenters. The fourth-order valence-electron chi connectivity index (χ4n) is 2.84. The maximum absolute atomic E-state index is 11.8. The van der Waals surface area contributed by atoms with Crippen LogP contribution in [-0.4, -0.2) is 73.4 Å². The molecule has 1 aliphatic heterocycles. The summed E-state index contributed by atoms with van der Waals surface area (Å²) in [5, 5.41) is 15.1. The number of nitrogens with one attached hydrogen (secondary N) is 2. The Morgan fingerprint density at radius 1 is 1.00 bits per heavy atom. The molecule has 3 N–H and O–H groups in total. The molecule has 176 valence electrons. The minimum absolute atomic E-state index is 0.0740. The smallest absolute Gasteiger partial charge is 0.248 e. The van der Waals surface area contributed by atoms with Gasteiger partial charge in [0.05, 0.1) is 19.8 Å². The van der Waals surface area contributed by atoms with Gasteiger partial charge in [0.25, 0.3) is 0 Å². The Labute approximate surface area is 201 Å². The van der Waals surface area contributed by atoms with Crippen LogP contribution in [0.2, 0.25) is 0 Å². The van der Waals surface area contributed by atoms with Gasteiger partial charge in [0.2, 0.25) is 17.7 Å². The number of amides is 3. The first kappa shape index (κ1) is 26.1. The summed E-state index contributed by atoms with van der Waals surface area (Å²) in [7, 11) is 0. The lowest BCUT2D eigenvalue weighted by Crippen LogP contribution is -2.37. The third-order valence-electron chi connectivity index (χ3n) is 4.61. The maximum Gasteiger partial charge on any atom is 0.248 e. The number of aliphatic hydroxyl groups is 1. The van der Waals surface area contributed by atoms with E-state index in [0.29, 0.717) is 26.3 Å². The van der Waals surface area contributed by atoms with Crippen LogP contribution in [0.1, 0.15) is 25.7 Å². The van der Waals surface area contributed by atoms with Crippen molar-refractivity contribution in [2.24, 2.45) is 0 Å². The highest BCUT2D eigenvalue weighted by Crippen LogP contribution is 2.13. The second-order valence-electron chi connectivity index (χ2n) is 7.13. The number of unbranched alkanes of at least 4 members (excludes halogenated alkanes) is 1.